The number of ether oxygens (including phenoxy) is 1. The van der Waals surface area contributed by atoms with Crippen LogP contribution in [0.15, 0.2) is 36.7 Å². The van der Waals surface area contributed by atoms with Gasteiger partial charge in [0, 0.05) is 37.5 Å². The molecular weight excluding hydrogens is 282 g/mol. The summed E-state index contributed by atoms with van der Waals surface area (Å²) in [6.07, 6.45) is 4.51. The van der Waals surface area contributed by atoms with Crippen LogP contribution in [-0.4, -0.2) is 34.6 Å². The third-order valence-corrected chi connectivity index (χ3v) is 3.26. The zero-order valence-electron chi connectivity index (χ0n) is 12.7. The zero-order chi connectivity index (χ0) is 15.8. The van der Waals surface area contributed by atoms with Crippen LogP contribution in [0.3, 0.4) is 0 Å². The molecule has 0 aliphatic carbocycles. The van der Waals surface area contributed by atoms with Crippen LogP contribution in [0.5, 0.6) is 0 Å². The molecule has 0 aliphatic heterocycles. The predicted octanol–water partition coefficient (Wildman–Crippen LogP) is 2.16. The average molecular weight is 303 g/mol. The minimum Gasteiger partial charge on any atom is -0.481 e. The maximum atomic E-state index is 10.6. The van der Waals surface area contributed by atoms with Crippen molar-refractivity contribution >= 4 is 11.7 Å². The van der Waals surface area contributed by atoms with Gasteiger partial charge in [-0.15, -0.1) is 0 Å². The molecule has 6 nitrogen and oxygen atoms in total. The molecule has 22 heavy (non-hydrogen) atoms. The zero-order valence-corrected chi connectivity index (χ0v) is 12.7. The molecule has 1 aromatic carbocycles. The number of nitrogens with one attached hydrogen (secondary N) is 1. The lowest BCUT2D eigenvalue weighted by Crippen LogP contribution is -2.04. The Bertz CT molecular complexity index is 610. The summed E-state index contributed by atoms with van der Waals surface area (Å²) in [5, 5.41) is 16.3. The van der Waals surface area contributed by atoms with E-state index in [1.807, 2.05) is 41.3 Å². The molecule has 1 aromatic heterocycles. The molecule has 0 radical (unpaired) electrons. The fourth-order valence-electron chi connectivity index (χ4n) is 2.10. The molecule has 0 amide bonds. The standard InChI is InChI=1S/C16H21N3O3/c1-22-8-7-19-12-14(11-18-19)10-17-15-4-2-3-13(9-15)5-6-16(20)21/h2-4,9,11-12,17H,5-8,10H2,1H3,(H,20,21). The maximum absolute atomic E-state index is 10.6. The minimum atomic E-state index is -0.776. The number of carboxylic acids is 1. The molecule has 0 unspecified atom stereocenters. The third-order valence-electron chi connectivity index (χ3n) is 3.26. The monoisotopic (exact) mass is 303 g/mol. The van der Waals surface area contributed by atoms with Crippen LogP contribution in [0, 0.1) is 0 Å². The second-order valence-corrected chi connectivity index (χ2v) is 5.05. The van der Waals surface area contributed by atoms with E-state index in [0.717, 1.165) is 23.4 Å². The highest BCUT2D eigenvalue weighted by Crippen LogP contribution is 2.13. The van der Waals surface area contributed by atoms with Crippen molar-refractivity contribution in [2.24, 2.45) is 0 Å². The number of carbonyl (C=O) groups is 1. The number of rotatable bonds is 9. The van der Waals surface area contributed by atoms with Crippen molar-refractivity contribution in [1.29, 1.82) is 0 Å². The molecule has 0 saturated heterocycles. The first-order valence-corrected chi connectivity index (χ1v) is 7.22. The Morgan fingerprint density at radius 3 is 3.05 bits per heavy atom. The van der Waals surface area contributed by atoms with Crippen molar-refractivity contribution < 1.29 is 14.6 Å². The average Bonchev–Trinajstić information content (AvgIpc) is 2.97. The second kappa shape index (κ2) is 8.19. The highest BCUT2D eigenvalue weighted by Gasteiger charge is 2.02. The fraction of sp³-hybridized carbons (Fsp3) is 0.375. The number of methoxy groups -OCH3 is 1. The number of hydrogen-bond donors (Lipinski definition) is 2. The normalized spacial score (nSPS) is 10.6. The van der Waals surface area contributed by atoms with Gasteiger partial charge in [-0.2, -0.15) is 5.10 Å². The van der Waals surface area contributed by atoms with Gasteiger partial charge in [-0.1, -0.05) is 12.1 Å². The molecule has 6 heteroatoms. The molecule has 2 aromatic rings. The molecule has 0 bridgehead atoms. The van der Waals surface area contributed by atoms with Gasteiger partial charge in [0.15, 0.2) is 0 Å². The Balaban J connectivity index is 1.86. The number of anilines is 1. The van der Waals surface area contributed by atoms with Crippen LogP contribution in [0.25, 0.3) is 0 Å². The summed E-state index contributed by atoms with van der Waals surface area (Å²) in [5.74, 6) is -0.776. The van der Waals surface area contributed by atoms with Crippen molar-refractivity contribution in [2.45, 2.75) is 25.9 Å². The number of carboxylic acid groups (broad SMARTS) is 1. The Kier molecular flexibility index (Phi) is 5.97. The van der Waals surface area contributed by atoms with Crippen molar-refractivity contribution in [3.8, 4) is 0 Å². The van der Waals surface area contributed by atoms with E-state index in [1.54, 1.807) is 7.11 Å². The quantitative estimate of drug-likeness (QED) is 0.742. The summed E-state index contributed by atoms with van der Waals surface area (Å²) in [6.45, 7) is 2.05. The summed E-state index contributed by atoms with van der Waals surface area (Å²) in [5.41, 5.74) is 3.09. The van der Waals surface area contributed by atoms with Gasteiger partial charge >= 0.3 is 5.97 Å². The molecule has 0 aliphatic rings. The highest BCUT2D eigenvalue weighted by molar-refractivity contribution is 5.67. The summed E-state index contributed by atoms with van der Waals surface area (Å²) in [4.78, 5) is 10.6. The van der Waals surface area contributed by atoms with Gasteiger partial charge in [0.25, 0.3) is 0 Å². The van der Waals surface area contributed by atoms with E-state index in [0.29, 0.717) is 19.6 Å². The van der Waals surface area contributed by atoms with Gasteiger partial charge in [0.1, 0.15) is 0 Å². The molecule has 1 heterocycles. The number of aliphatic carboxylic acids is 1. The SMILES string of the molecule is COCCn1cc(CNc2cccc(CCC(=O)O)c2)cn1. The van der Waals surface area contributed by atoms with Gasteiger partial charge in [-0.3, -0.25) is 9.48 Å². The fourth-order valence-corrected chi connectivity index (χ4v) is 2.10. The van der Waals surface area contributed by atoms with E-state index in [9.17, 15) is 4.79 Å². The number of benzene rings is 1. The van der Waals surface area contributed by atoms with Gasteiger partial charge in [0.2, 0.25) is 0 Å². The molecule has 0 fully saturated rings. The summed E-state index contributed by atoms with van der Waals surface area (Å²) < 4.78 is 6.87. The Hall–Kier alpha value is -2.34. The first kappa shape index (κ1) is 16.0. The smallest absolute Gasteiger partial charge is 0.303 e. The lowest BCUT2D eigenvalue weighted by molar-refractivity contribution is -0.136. The predicted molar refractivity (Wildman–Crippen MR) is 83.8 cm³/mol. The summed E-state index contributed by atoms with van der Waals surface area (Å²) >= 11 is 0. The Morgan fingerprint density at radius 1 is 1.41 bits per heavy atom. The largest absolute Gasteiger partial charge is 0.481 e. The van der Waals surface area contributed by atoms with Gasteiger partial charge in [-0.05, 0) is 24.1 Å². The summed E-state index contributed by atoms with van der Waals surface area (Å²) in [6, 6.07) is 7.83. The maximum Gasteiger partial charge on any atom is 0.303 e. The van der Waals surface area contributed by atoms with Gasteiger partial charge in [0.05, 0.1) is 19.3 Å². The van der Waals surface area contributed by atoms with Crippen molar-refractivity contribution in [1.82, 2.24) is 9.78 Å². The number of nitrogens with zero attached hydrogens (tertiary/aromatic N) is 2. The second-order valence-electron chi connectivity index (χ2n) is 5.05. The molecule has 0 saturated carbocycles. The topological polar surface area (TPSA) is 76.4 Å². The van der Waals surface area contributed by atoms with E-state index in [1.165, 1.54) is 0 Å². The van der Waals surface area contributed by atoms with E-state index in [-0.39, 0.29) is 6.42 Å². The van der Waals surface area contributed by atoms with Gasteiger partial charge in [-0.25, -0.2) is 0 Å². The lowest BCUT2D eigenvalue weighted by atomic mass is 10.1. The minimum absolute atomic E-state index is 0.149. The van der Waals surface area contributed by atoms with Crippen LogP contribution < -0.4 is 5.32 Å². The molecule has 0 spiro atoms. The molecule has 0 atom stereocenters. The van der Waals surface area contributed by atoms with Crippen LogP contribution in [-0.2, 0) is 29.0 Å². The van der Waals surface area contributed by atoms with E-state index in [4.69, 9.17) is 9.84 Å². The molecule has 2 rings (SSSR count). The van der Waals surface area contributed by atoms with Gasteiger partial charge < -0.3 is 15.2 Å². The number of aromatic nitrogens is 2. The highest BCUT2D eigenvalue weighted by atomic mass is 16.5. The van der Waals surface area contributed by atoms with Crippen molar-refractivity contribution in [3.05, 3.63) is 47.8 Å². The Labute approximate surface area is 129 Å². The first-order chi connectivity index (χ1) is 10.7. The van der Waals surface area contributed by atoms with Crippen LogP contribution in [0.1, 0.15) is 17.5 Å². The lowest BCUT2D eigenvalue weighted by Gasteiger charge is -2.07. The Morgan fingerprint density at radius 2 is 2.27 bits per heavy atom. The van der Waals surface area contributed by atoms with Crippen molar-refractivity contribution in [2.75, 3.05) is 19.0 Å². The summed E-state index contributed by atoms with van der Waals surface area (Å²) in [7, 11) is 1.67. The number of hydrogen-bond acceptors (Lipinski definition) is 4. The van der Waals surface area contributed by atoms with Crippen LogP contribution in [0.2, 0.25) is 0 Å². The third kappa shape index (κ3) is 5.21. The molecular formula is C16H21N3O3. The van der Waals surface area contributed by atoms with Crippen LogP contribution >= 0.6 is 0 Å². The molecule has 118 valence electrons. The van der Waals surface area contributed by atoms with Crippen molar-refractivity contribution in [3.63, 3.8) is 0 Å². The van der Waals surface area contributed by atoms with E-state index in [2.05, 4.69) is 10.4 Å². The molecule has 2 N–H and O–H groups in total. The first-order valence-electron chi connectivity index (χ1n) is 7.22. The number of aryl methyl sites for hydroxylation is 1. The van der Waals surface area contributed by atoms with E-state index >= 15 is 0 Å². The van der Waals surface area contributed by atoms with E-state index < -0.39 is 5.97 Å². The van der Waals surface area contributed by atoms with Crippen LogP contribution in [0.4, 0.5) is 5.69 Å².